The number of carbonyl (C=O) groups excluding carboxylic acids is 1. The minimum absolute atomic E-state index is 0.160. The van der Waals surface area contributed by atoms with Gasteiger partial charge < -0.3 is 5.32 Å². The summed E-state index contributed by atoms with van der Waals surface area (Å²) in [5.41, 5.74) is 1.02. The third-order valence-electron chi connectivity index (χ3n) is 3.59. The van der Waals surface area contributed by atoms with E-state index in [9.17, 15) is 10.1 Å². The van der Waals surface area contributed by atoms with Crippen LogP contribution in [0.4, 0.5) is 0 Å². The van der Waals surface area contributed by atoms with Crippen molar-refractivity contribution in [3.8, 4) is 6.07 Å². The molecule has 1 aliphatic heterocycles. The van der Waals surface area contributed by atoms with Crippen LogP contribution >= 0.6 is 11.8 Å². The molecule has 0 aliphatic carbocycles. The molecule has 0 saturated carbocycles. The molecule has 1 amide bonds. The van der Waals surface area contributed by atoms with E-state index in [0.717, 1.165) is 25.2 Å². The Morgan fingerprint density at radius 2 is 2.05 bits per heavy atom. The van der Waals surface area contributed by atoms with Crippen molar-refractivity contribution in [1.82, 2.24) is 10.2 Å². The molecule has 5 heteroatoms. The van der Waals surface area contributed by atoms with Gasteiger partial charge in [-0.05, 0) is 12.0 Å². The zero-order valence-electron chi connectivity index (χ0n) is 12.1. The number of hydrogen-bond donors (Lipinski definition) is 1. The fourth-order valence-electron chi connectivity index (χ4n) is 2.33. The molecule has 1 atom stereocenters. The summed E-state index contributed by atoms with van der Waals surface area (Å²) in [5.74, 6) is 1.57. The standard InChI is InChI=1S/C16H21N3OS/c17-13-15(12-14-4-2-1-3-5-14)16(20)18-6-7-19-8-10-21-11-9-19/h1-5,15H,6-12H2,(H,18,20). The third kappa shape index (κ3) is 5.41. The molecular formula is C16H21N3OS. The minimum Gasteiger partial charge on any atom is -0.354 e. The largest absolute Gasteiger partial charge is 0.354 e. The maximum absolute atomic E-state index is 12.1. The van der Waals surface area contributed by atoms with Crippen molar-refractivity contribution in [1.29, 1.82) is 5.26 Å². The molecule has 1 unspecified atom stereocenters. The Morgan fingerprint density at radius 3 is 2.71 bits per heavy atom. The van der Waals surface area contributed by atoms with Crippen molar-refractivity contribution in [2.45, 2.75) is 6.42 Å². The number of nitriles is 1. The fourth-order valence-corrected chi connectivity index (χ4v) is 3.31. The lowest BCUT2D eigenvalue weighted by Crippen LogP contribution is -2.40. The van der Waals surface area contributed by atoms with E-state index in [2.05, 4.69) is 16.3 Å². The Morgan fingerprint density at radius 1 is 1.33 bits per heavy atom. The summed E-state index contributed by atoms with van der Waals surface area (Å²) in [6.07, 6.45) is 0.476. The molecule has 1 aromatic rings. The fraction of sp³-hybridized carbons (Fsp3) is 0.500. The number of carbonyl (C=O) groups is 1. The summed E-state index contributed by atoms with van der Waals surface area (Å²) in [4.78, 5) is 14.4. The van der Waals surface area contributed by atoms with E-state index >= 15 is 0 Å². The Balaban J connectivity index is 1.74. The van der Waals surface area contributed by atoms with E-state index in [-0.39, 0.29) is 5.91 Å². The molecule has 1 aliphatic rings. The number of rotatable bonds is 6. The van der Waals surface area contributed by atoms with E-state index in [4.69, 9.17) is 0 Å². The summed E-state index contributed by atoms with van der Waals surface area (Å²) < 4.78 is 0. The summed E-state index contributed by atoms with van der Waals surface area (Å²) in [7, 11) is 0. The highest BCUT2D eigenvalue weighted by molar-refractivity contribution is 7.99. The zero-order valence-corrected chi connectivity index (χ0v) is 12.9. The molecule has 0 spiro atoms. The third-order valence-corrected chi connectivity index (χ3v) is 4.53. The van der Waals surface area contributed by atoms with E-state index in [0.29, 0.717) is 13.0 Å². The first-order valence-electron chi connectivity index (χ1n) is 7.31. The first kappa shape index (κ1) is 15.9. The predicted molar refractivity (Wildman–Crippen MR) is 86.0 cm³/mol. The molecule has 1 saturated heterocycles. The summed E-state index contributed by atoms with van der Waals surface area (Å²) in [6, 6.07) is 11.8. The molecule has 112 valence electrons. The van der Waals surface area contributed by atoms with Crippen molar-refractivity contribution in [2.24, 2.45) is 5.92 Å². The zero-order chi connectivity index (χ0) is 14.9. The lowest BCUT2D eigenvalue weighted by atomic mass is 10.00. The van der Waals surface area contributed by atoms with Gasteiger partial charge in [0.15, 0.2) is 0 Å². The van der Waals surface area contributed by atoms with Gasteiger partial charge in [-0.25, -0.2) is 0 Å². The maximum Gasteiger partial charge on any atom is 0.237 e. The first-order valence-corrected chi connectivity index (χ1v) is 8.46. The Labute approximate surface area is 130 Å². The molecule has 1 N–H and O–H groups in total. The number of hydrogen-bond acceptors (Lipinski definition) is 4. The first-order chi connectivity index (χ1) is 10.3. The van der Waals surface area contributed by atoms with E-state index in [1.165, 1.54) is 11.5 Å². The van der Waals surface area contributed by atoms with Gasteiger partial charge in [-0.3, -0.25) is 9.69 Å². The van der Waals surface area contributed by atoms with Crippen molar-refractivity contribution < 1.29 is 4.79 Å². The van der Waals surface area contributed by atoms with Gasteiger partial charge in [0, 0.05) is 37.7 Å². The minimum atomic E-state index is -0.607. The molecule has 1 fully saturated rings. The van der Waals surface area contributed by atoms with Gasteiger partial charge in [0.25, 0.3) is 0 Å². The van der Waals surface area contributed by atoms with Crippen LogP contribution in [-0.2, 0) is 11.2 Å². The quantitative estimate of drug-likeness (QED) is 0.866. The molecule has 0 radical (unpaired) electrons. The van der Waals surface area contributed by atoms with Gasteiger partial charge in [-0.1, -0.05) is 30.3 Å². The monoisotopic (exact) mass is 303 g/mol. The van der Waals surface area contributed by atoms with Gasteiger partial charge in [-0.15, -0.1) is 0 Å². The van der Waals surface area contributed by atoms with Crippen molar-refractivity contribution in [3.05, 3.63) is 35.9 Å². The Hall–Kier alpha value is -1.51. The van der Waals surface area contributed by atoms with Gasteiger partial charge in [-0.2, -0.15) is 17.0 Å². The van der Waals surface area contributed by atoms with Crippen LogP contribution in [0.3, 0.4) is 0 Å². The average molecular weight is 303 g/mol. The second kappa shape index (κ2) is 8.71. The molecule has 2 rings (SSSR count). The molecule has 0 aromatic heterocycles. The Kier molecular flexibility index (Phi) is 6.58. The normalized spacial score (nSPS) is 16.9. The lowest BCUT2D eigenvalue weighted by Gasteiger charge is -2.26. The van der Waals surface area contributed by atoms with Crippen LogP contribution < -0.4 is 5.32 Å². The lowest BCUT2D eigenvalue weighted by molar-refractivity contribution is -0.123. The van der Waals surface area contributed by atoms with Gasteiger partial charge in [0.2, 0.25) is 5.91 Å². The molecule has 1 aromatic carbocycles. The number of benzene rings is 1. The number of amides is 1. The van der Waals surface area contributed by atoms with E-state index < -0.39 is 5.92 Å². The smallest absolute Gasteiger partial charge is 0.237 e. The number of nitrogens with one attached hydrogen (secondary N) is 1. The van der Waals surface area contributed by atoms with Crippen molar-refractivity contribution in [3.63, 3.8) is 0 Å². The average Bonchev–Trinajstić information content (AvgIpc) is 2.54. The maximum atomic E-state index is 12.1. The topological polar surface area (TPSA) is 56.1 Å². The highest BCUT2D eigenvalue weighted by atomic mass is 32.2. The van der Waals surface area contributed by atoms with Crippen LogP contribution in [-0.4, -0.2) is 48.5 Å². The van der Waals surface area contributed by atoms with Crippen molar-refractivity contribution in [2.75, 3.05) is 37.7 Å². The van der Waals surface area contributed by atoms with Crippen LogP contribution in [0, 0.1) is 17.2 Å². The van der Waals surface area contributed by atoms with Gasteiger partial charge in [0.1, 0.15) is 5.92 Å². The molecule has 0 bridgehead atoms. The highest BCUT2D eigenvalue weighted by Gasteiger charge is 2.18. The summed E-state index contributed by atoms with van der Waals surface area (Å²) in [5, 5.41) is 12.1. The molecular weight excluding hydrogens is 282 g/mol. The summed E-state index contributed by atoms with van der Waals surface area (Å²) >= 11 is 1.98. The van der Waals surface area contributed by atoms with Crippen molar-refractivity contribution >= 4 is 17.7 Å². The van der Waals surface area contributed by atoms with Gasteiger partial charge >= 0.3 is 0 Å². The van der Waals surface area contributed by atoms with Crippen LogP contribution in [0.5, 0.6) is 0 Å². The summed E-state index contributed by atoms with van der Waals surface area (Å²) in [6.45, 7) is 3.67. The number of thioether (sulfide) groups is 1. The second-order valence-electron chi connectivity index (χ2n) is 5.12. The van der Waals surface area contributed by atoms with E-state index in [1.54, 1.807) is 0 Å². The number of nitrogens with zero attached hydrogens (tertiary/aromatic N) is 2. The SMILES string of the molecule is N#CC(Cc1ccccc1)C(=O)NCCN1CCSCC1. The van der Waals surface area contributed by atoms with Crippen LogP contribution in [0.2, 0.25) is 0 Å². The molecule has 1 heterocycles. The van der Waals surface area contributed by atoms with Crippen LogP contribution in [0.15, 0.2) is 30.3 Å². The highest BCUT2D eigenvalue weighted by Crippen LogP contribution is 2.09. The van der Waals surface area contributed by atoms with Crippen LogP contribution in [0.25, 0.3) is 0 Å². The second-order valence-corrected chi connectivity index (χ2v) is 6.34. The molecule has 21 heavy (non-hydrogen) atoms. The van der Waals surface area contributed by atoms with E-state index in [1.807, 2.05) is 42.1 Å². The predicted octanol–water partition coefficient (Wildman–Crippen LogP) is 1.53. The Bertz CT molecular complexity index is 480. The molecule has 4 nitrogen and oxygen atoms in total. The van der Waals surface area contributed by atoms with Crippen LogP contribution in [0.1, 0.15) is 5.56 Å². The van der Waals surface area contributed by atoms with Gasteiger partial charge in [0.05, 0.1) is 6.07 Å².